The molecular weight excluding hydrogens is 318 g/mol. The highest BCUT2D eigenvalue weighted by Gasteiger charge is 2.12. The van der Waals surface area contributed by atoms with Crippen molar-refractivity contribution in [2.75, 3.05) is 10.6 Å². The molecule has 7 nitrogen and oxygen atoms in total. The molecule has 2 aromatic heterocycles. The van der Waals surface area contributed by atoms with Gasteiger partial charge >= 0.3 is 0 Å². The van der Waals surface area contributed by atoms with Crippen molar-refractivity contribution in [3.8, 4) is 0 Å². The molecular formula is C18H19N5O2. The first-order chi connectivity index (χ1) is 12.0. The Hall–Kier alpha value is -3.22. The van der Waals surface area contributed by atoms with Crippen LogP contribution >= 0.6 is 0 Å². The quantitative estimate of drug-likeness (QED) is 0.738. The van der Waals surface area contributed by atoms with Crippen molar-refractivity contribution in [2.45, 2.75) is 27.2 Å². The van der Waals surface area contributed by atoms with Crippen LogP contribution in [0, 0.1) is 13.8 Å². The molecule has 2 N–H and O–H groups in total. The SMILES string of the molecule is CCc1ccc(NC(=O)c2cc(C)nc(Nc3cc(C)on3)n2)cc1. The van der Waals surface area contributed by atoms with Crippen molar-refractivity contribution in [1.29, 1.82) is 0 Å². The van der Waals surface area contributed by atoms with Crippen LogP contribution in [0.1, 0.15) is 34.4 Å². The average Bonchev–Trinajstić information content (AvgIpc) is 3.00. The summed E-state index contributed by atoms with van der Waals surface area (Å²) >= 11 is 0. The molecule has 0 aliphatic carbocycles. The van der Waals surface area contributed by atoms with Gasteiger partial charge in [0.2, 0.25) is 5.95 Å². The molecule has 1 amide bonds. The predicted octanol–water partition coefficient (Wildman–Crippen LogP) is 3.64. The average molecular weight is 337 g/mol. The van der Waals surface area contributed by atoms with E-state index in [2.05, 4.69) is 32.7 Å². The number of aromatic nitrogens is 3. The molecule has 3 aromatic rings. The van der Waals surface area contributed by atoms with Crippen molar-refractivity contribution in [1.82, 2.24) is 15.1 Å². The summed E-state index contributed by atoms with van der Waals surface area (Å²) in [4.78, 5) is 21.0. The number of amides is 1. The summed E-state index contributed by atoms with van der Waals surface area (Å²) in [7, 11) is 0. The number of nitrogens with zero attached hydrogens (tertiary/aromatic N) is 3. The fourth-order valence-corrected chi connectivity index (χ4v) is 2.30. The van der Waals surface area contributed by atoms with Crippen molar-refractivity contribution in [2.24, 2.45) is 0 Å². The second-order valence-corrected chi connectivity index (χ2v) is 5.67. The molecule has 2 heterocycles. The molecule has 0 fully saturated rings. The molecule has 1 aromatic carbocycles. The first-order valence-electron chi connectivity index (χ1n) is 8.00. The maximum atomic E-state index is 12.5. The lowest BCUT2D eigenvalue weighted by atomic mass is 10.1. The topological polar surface area (TPSA) is 92.9 Å². The normalized spacial score (nSPS) is 10.5. The highest BCUT2D eigenvalue weighted by Crippen LogP contribution is 2.15. The molecule has 0 saturated heterocycles. The zero-order chi connectivity index (χ0) is 17.8. The van der Waals surface area contributed by atoms with Gasteiger partial charge in [-0.1, -0.05) is 24.2 Å². The van der Waals surface area contributed by atoms with Gasteiger partial charge in [0.05, 0.1) is 0 Å². The molecule has 0 aliphatic heterocycles. The third-order valence-corrected chi connectivity index (χ3v) is 3.57. The highest BCUT2D eigenvalue weighted by atomic mass is 16.5. The van der Waals surface area contributed by atoms with Crippen LogP contribution in [0.5, 0.6) is 0 Å². The Balaban J connectivity index is 1.77. The Morgan fingerprint density at radius 1 is 1.12 bits per heavy atom. The van der Waals surface area contributed by atoms with Crippen LogP contribution in [0.2, 0.25) is 0 Å². The second kappa shape index (κ2) is 7.12. The standard InChI is InChI=1S/C18H19N5O2/c1-4-13-5-7-14(8-6-13)20-17(24)15-9-11(2)19-18(21-15)22-16-10-12(3)25-23-16/h5-10H,4H2,1-3H3,(H,20,24)(H,19,21,22,23). The minimum absolute atomic E-state index is 0.273. The van der Waals surface area contributed by atoms with E-state index in [1.54, 1.807) is 26.0 Å². The summed E-state index contributed by atoms with van der Waals surface area (Å²) in [5.41, 5.74) is 2.88. The number of hydrogen-bond acceptors (Lipinski definition) is 6. The molecule has 0 bridgehead atoms. The molecule has 3 rings (SSSR count). The predicted molar refractivity (Wildman–Crippen MR) is 95.1 cm³/mol. The van der Waals surface area contributed by atoms with Crippen LogP contribution in [-0.2, 0) is 6.42 Å². The number of carbonyl (C=O) groups excluding carboxylic acids is 1. The molecule has 128 valence electrons. The van der Waals surface area contributed by atoms with Gasteiger partial charge in [-0.15, -0.1) is 0 Å². The van der Waals surface area contributed by atoms with E-state index < -0.39 is 0 Å². The number of rotatable bonds is 5. The van der Waals surface area contributed by atoms with Crippen molar-refractivity contribution >= 4 is 23.4 Å². The molecule has 0 radical (unpaired) electrons. The van der Waals surface area contributed by atoms with Crippen LogP contribution in [0.25, 0.3) is 0 Å². The Bertz CT molecular complexity index is 887. The first kappa shape index (κ1) is 16.6. The lowest BCUT2D eigenvalue weighted by Crippen LogP contribution is -2.15. The number of benzene rings is 1. The van der Waals surface area contributed by atoms with E-state index in [4.69, 9.17) is 4.52 Å². The van der Waals surface area contributed by atoms with Crippen LogP contribution in [0.3, 0.4) is 0 Å². The Morgan fingerprint density at radius 2 is 1.88 bits per heavy atom. The highest BCUT2D eigenvalue weighted by molar-refractivity contribution is 6.03. The summed E-state index contributed by atoms with van der Waals surface area (Å²) in [6.07, 6.45) is 0.954. The summed E-state index contributed by atoms with van der Waals surface area (Å²) < 4.78 is 5.00. The zero-order valence-corrected chi connectivity index (χ0v) is 14.3. The van der Waals surface area contributed by atoms with Crippen molar-refractivity contribution in [3.05, 3.63) is 59.1 Å². The summed E-state index contributed by atoms with van der Waals surface area (Å²) in [6, 6.07) is 11.1. The molecule has 0 unspecified atom stereocenters. The van der Waals surface area contributed by atoms with Gasteiger partial charge in [0, 0.05) is 17.4 Å². The van der Waals surface area contributed by atoms with Crippen LogP contribution < -0.4 is 10.6 Å². The van der Waals surface area contributed by atoms with E-state index in [-0.39, 0.29) is 11.6 Å². The molecule has 0 aliphatic rings. The van der Waals surface area contributed by atoms with Gasteiger partial charge in [0.1, 0.15) is 11.5 Å². The van der Waals surface area contributed by atoms with Gasteiger partial charge < -0.3 is 15.2 Å². The number of anilines is 3. The zero-order valence-electron chi connectivity index (χ0n) is 14.3. The number of nitrogens with one attached hydrogen (secondary N) is 2. The molecule has 0 saturated carbocycles. The van der Waals surface area contributed by atoms with Crippen molar-refractivity contribution in [3.63, 3.8) is 0 Å². The number of aryl methyl sites for hydroxylation is 3. The van der Waals surface area contributed by atoms with Gasteiger partial charge in [-0.2, -0.15) is 0 Å². The Kier molecular flexibility index (Phi) is 4.74. The Labute approximate surface area is 145 Å². The summed E-state index contributed by atoms with van der Waals surface area (Å²) in [5.74, 6) is 1.15. The van der Waals surface area contributed by atoms with E-state index in [1.165, 1.54) is 5.56 Å². The van der Waals surface area contributed by atoms with E-state index in [9.17, 15) is 4.79 Å². The summed E-state index contributed by atoms with van der Waals surface area (Å²) in [5, 5.41) is 9.61. The van der Waals surface area contributed by atoms with Crippen molar-refractivity contribution < 1.29 is 9.32 Å². The smallest absolute Gasteiger partial charge is 0.274 e. The van der Waals surface area contributed by atoms with Crippen LogP contribution in [0.15, 0.2) is 40.9 Å². The van der Waals surface area contributed by atoms with Gasteiger partial charge in [-0.25, -0.2) is 9.97 Å². The molecule has 7 heteroatoms. The minimum atomic E-state index is -0.297. The van der Waals surface area contributed by atoms with E-state index in [1.807, 2.05) is 24.3 Å². The molecule has 0 atom stereocenters. The fourth-order valence-electron chi connectivity index (χ4n) is 2.30. The van der Waals surface area contributed by atoms with Gasteiger partial charge in [-0.3, -0.25) is 4.79 Å². The largest absolute Gasteiger partial charge is 0.360 e. The van der Waals surface area contributed by atoms with Crippen LogP contribution in [-0.4, -0.2) is 21.0 Å². The monoisotopic (exact) mass is 337 g/mol. The molecule has 25 heavy (non-hydrogen) atoms. The number of carbonyl (C=O) groups is 1. The maximum Gasteiger partial charge on any atom is 0.274 e. The lowest BCUT2D eigenvalue weighted by molar-refractivity contribution is 0.102. The lowest BCUT2D eigenvalue weighted by Gasteiger charge is -2.08. The third-order valence-electron chi connectivity index (χ3n) is 3.57. The fraction of sp³-hybridized carbons (Fsp3) is 0.222. The second-order valence-electron chi connectivity index (χ2n) is 5.67. The summed E-state index contributed by atoms with van der Waals surface area (Å²) in [6.45, 7) is 5.67. The van der Waals surface area contributed by atoms with E-state index in [0.717, 1.165) is 12.1 Å². The number of hydrogen-bond donors (Lipinski definition) is 2. The minimum Gasteiger partial charge on any atom is -0.360 e. The van der Waals surface area contributed by atoms with Crippen LogP contribution in [0.4, 0.5) is 17.5 Å². The maximum absolute atomic E-state index is 12.5. The van der Waals surface area contributed by atoms with Gasteiger partial charge in [0.25, 0.3) is 5.91 Å². The van der Waals surface area contributed by atoms with E-state index >= 15 is 0 Å². The van der Waals surface area contributed by atoms with E-state index in [0.29, 0.717) is 23.2 Å². The molecule has 0 spiro atoms. The third kappa shape index (κ3) is 4.20. The van der Waals surface area contributed by atoms with Gasteiger partial charge in [0.15, 0.2) is 5.82 Å². The van der Waals surface area contributed by atoms with Gasteiger partial charge in [-0.05, 0) is 44.0 Å². The first-order valence-corrected chi connectivity index (χ1v) is 8.00. The Morgan fingerprint density at radius 3 is 2.52 bits per heavy atom.